The predicted molar refractivity (Wildman–Crippen MR) is 361 cm³/mol. The maximum atomic E-state index is 6.55. The first-order valence-corrected chi connectivity index (χ1v) is 30.0. The molecule has 8 nitrogen and oxygen atoms in total. The molecule has 0 N–H and O–H groups in total. The molecule has 0 fully saturated rings. The van der Waals surface area contributed by atoms with Gasteiger partial charge >= 0.3 is 0 Å². The maximum Gasteiger partial charge on any atom is 0.160 e. The lowest BCUT2D eigenvalue weighted by Crippen LogP contribution is -2.06. The zero-order valence-electron chi connectivity index (χ0n) is 47.1. The van der Waals surface area contributed by atoms with E-state index in [0.717, 1.165) is 139 Å². The second-order valence-electron chi connectivity index (χ2n) is 23.6. The molecule has 19 aromatic rings. The molecule has 410 valence electrons. The van der Waals surface area contributed by atoms with E-state index in [1.807, 2.05) is 30.3 Å². The number of furan rings is 3. The van der Waals surface area contributed by atoms with Gasteiger partial charge in [0.05, 0.1) is 44.3 Å². The molecular formula is C80H47N5O3. The number of rotatable bonds is 6. The first-order chi connectivity index (χ1) is 43.6. The Labute approximate surface area is 500 Å². The second kappa shape index (κ2) is 17.9. The van der Waals surface area contributed by atoms with E-state index in [4.69, 9.17) is 23.2 Å². The number of allylic oxidation sites excluding steroid dienone is 4. The van der Waals surface area contributed by atoms with Gasteiger partial charge in [-0.05, 0) is 109 Å². The van der Waals surface area contributed by atoms with Gasteiger partial charge in [0.15, 0.2) is 5.82 Å². The molecule has 1 unspecified atom stereocenters. The van der Waals surface area contributed by atoms with Gasteiger partial charge in [0.1, 0.15) is 33.5 Å². The zero-order chi connectivity index (χ0) is 57.3. The van der Waals surface area contributed by atoms with Crippen LogP contribution in [0.2, 0.25) is 0 Å². The number of aromatic nitrogens is 5. The Morgan fingerprint density at radius 2 is 0.773 bits per heavy atom. The van der Waals surface area contributed by atoms with E-state index >= 15 is 0 Å². The molecule has 0 saturated carbocycles. The summed E-state index contributed by atoms with van der Waals surface area (Å²) in [5.74, 6) is 0.700. The predicted octanol–water partition coefficient (Wildman–Crippen LogP) is 21.5. The van der Waals surface area contributed by atoms with Crippen LogP contribution in [0.5, 0.6) is 0 Å². The van der Waals surface area contributed by atoms with Gasteiger partial charge in [-0.25, -0.2) is 9.97 Å². The lowest BCUT2D eigenvalue weighted by Gasteiger charge is -2.22. The Kier molecular flexibility index (Phi) is 9.68. The monoisotopic (exact) mass is 1130 g/mol. The number of hydrogen-bond donors (Lipinski definition) is 0. The van der Waals surface area contributed by atoms with Crippen LogP contribution in [0.3, 0.4) is 0 Å². The average Bonchev–Trinajstić information content (AvgIpc) is 1.79. The number of nitrogens with zero attached hydrogens (tertiary/aromatic N) is 5. The third-order valence-corrected chi connectivity index (χ3v) is 18.7. The fraction of sp³-hybridized carbons (Fsp3) is 0.0250. The smallest absolute Gasteiger partial charge is 0.160 e. The van der Waals surface area contributed by atoms with Crippen LogP contribution >= 0.6 is 0 Å². The van der Waals surface area contributed by atoms with Gasteiger partial charge in [0.2, 0.25) is 0 Å². The molecule has 88 heavy (non-hydrogen) atoms. The standard InChI is InChI=1S/C80H47N5O3/c1-7-28-67-53(22-1)59-40-62-56-25-4-10-31-73(56)86-76(62)43-70(59)83(67)50-19-13-16-46(36-50)47-34-35-66-65(39-47)79(48-17-14-20-51(37-48)84-68-29-8-2-23-54(68)60-41-63-57-26-5-11-32-74(57)87-77(63)44-71(60)84)82-80(81-66)49-18-15-21-52(38-49)85-69-30-9-3-24-55(69)61-42-64-58-27-6-12-33-75(58)88-78(64)45-72(61)85/h1-35,37-46H,36H2. The van der Waals surface area contributed by atoms with Crippen molar-refractivity contribution >= 4 is 148 Å². The molecule has 0 spiro atoms. The summed E-state index contributed by atoms with van der Waals surface area (Å²) in [6.45, 7) is 0. The molecule has 20 rings (SSSR count). The van der Waals surface area contributed by atoms with Crippen LogP contribution in [-0.4, -0.2) is 23.7 Å². The first kappa shape index (κ1) is 47.6. The van der Waals surface area contributed by atoms with Crippen molar-refractivity contribution in [3.63, 3.8) is 0 Å². The van der Waals surface area contributed by atoms with Crippen molar-refractivity contribution < 1.29 is 13.3 Å². The SMILES string of the molecule is C1=CC(c2ccc3nc(-c4cccc(-n5c6ccccc6c6cc7c(cc65)oc5ccccc57)c4)nc(-c4cccc(-n5c6ccccc6c6cc7c(cc65)oc5ccccc57)c4)c3c2)CC(n2c3ccccc3c3cc4c(cc32)oc2ccccc24)=C1. The maximum absolute atomic E-state index is 6.55. The minimum absolute atomic E-state index is 0.0609. The molecule has 0 radical (unpaired) electrons. The number of benzene rings is 12. The Morgan fingerprint density at radius 1 is 0.318 bits per heavy atom. The fourth-order valence-corrected chi connectivity index (χ4v) is 14.8. The van der Waals surface area contributed by atoms with Crippen LogP contribution in [-0.2, 0) is 0 Å². The quantitative estimate of drug-likeness (QED) is 0.166. The van der Waals surface area contributed by atoms with Crippen LogP contribution in [0.4, 0.5) is 0 Å². The van der Waals surface area contributed by atoms with E-state index in [0.29, 0.717) is 5.82 Å². The van der Waals surface area contributed by atoms with E-state index in [1.165, 1.54) is 49.1 Å². The van der Waals surface area contributed by atoms with Crippen LogP contribution in [0.25, 0.3) is 182 Å². The number of hydrogen-bond acceptors (Lipinski definition) is 5. The molecule has 0 bridgehead atoms. The highest BCUT2D eigenvalue weighted by molar-refractivity contribution is 6.20. The molecule has 12 aromatic carbocycles. The summed E-state index contributed by atoms with van der Waals surface area (Å²) in [6.07, 6.45) is 7.62. The van der Waals surface area contributed by atoms with E-state index in [-0.39, 0.29) is 5.92 Å². The van der Waals surface area contributed by atoms with Gasteiger partial charge in [-0.3, -0.25) is 0 Å². The Hall–Kier alpha value is -11.7. The topological polar surface area (TPSA) is 80.0 Å². The van der Waals surface area contributed by atoms with E-state index in [2.05, 4.69) is 250 Å². The highest BCUT2D eigenvalue weighted by Crippen LogP contribution is 2.45. The summed E-state index contributed by atoms with van der Waals surface area (Å²) < 4.78 is 26.7. The van der Waals surface area contributed by atoms with Gasteiger partial charge in [0.25, 0.3) is 0 Å². The van der Waals surface area contributed by atoms with Crippen molar-refractivity contribution in [2.75, 3.05) is 0 Å². The van der Waals surface area contributed by atoms with Gasteiger partial charge < -0.3 is 27.0 Å². The van der Waals surface area contributed by atoms with Crippen molar-refractivity contribution in [3.05, 3.63) is 273 Å². The number of fused-ring (bicyclic) bond motifs is 19. The first-order valence-electron chi connectivity index (χ1n) is 30.0. The van der Waals surface area contributed by atoms with Crippen molar-refractivity contribution in [1.29, 1.82) is 0 Å². The van der Waals surface area contributed by atoms with Gasteiger partial charge in [-0.2, -0.15) is 0 Å². The molecule has 0 aliphatic heterocycles. The lowest BCUT2D eigenvalue weighted by atomic mass is 9.89. The minimum Gasteiger partial charge on any atom is -0.456 e. The molecule has 0 amide bonds. The van der Waals surface area contributed by atoms with E-state index in [1.54, 1.807) is 0 Å². The third kappa shape index (κ3) is 6.85. The molecule has 8 heteroatoms. The normalized spacial score (nSPS) is 14.0. The van der Waals surface area contributed by atoms with Crippen LogP contribution in [0.15, 0.2) is 280 Å². The summed E-state index contributed by atoms with van der Waals surface area (Å²) in [5.41, 5.74) is 19.9. The van der Waals surface area contributed by atoms with Crippen molar-refractivity contribution in [2.24, 2.45) is 0 Å². The molecule has 7 aromatic heterocycles. The van der Waals surface area contributed by atoms with E-state index < -0.39 is 0 Å². The van der Waals surface area contributed by atoms with Crippen molar-refractivity contribution in [1.82, 2.24) is 23.7 Å². The molecular weight excluding hydrogens is 1080 g/mol. The summed E-state index contributed by atoms with van der Waals surface area (Å²) in [7, 11) is 0. The van der Waals surface area contributed by atoms with Gasteiger partial charge in [-0.15, -0.1) is 0 Å². The second-order valence-corrected chi connectivity index (χ2v) is 23.6. The highest BCUT2D eigenvalue weighted by Gasteiger charge is 2.25. The molecule has 1 aliphatic rings. The van der Waals surface area contributed by atoms with Crippen LogP contribution in [0.1, 0.15) is 17.9 Å². The van der Waals surface area contributed by atoms with Crippen LogP contribution < -0.4 is 0 Å². The molecule has 0 saturated heterocycles. The summed E-state index contributed by atoms with van der Waals surface area (Å²) >= 11 is 0. The molecule has 1 atom stereocenters. The fourth-order valence-electron chi connectivity index (χ4n) is 14.8. The Balaban J connectivity index is 0.757. The van der Waals surface area contributed by atoms with Gasteiger partial charge in [0, 0.05) is 122 Å². The third-order valence-electron chi connectivity index (χ3n) is 18.7. The van der Waals surface area contributed by atoms with Crippen molar-refractivity contribution in [3.8, 4) is 34.0 Å². The van der Waals surface area contributed by atoms with Crippen molar-refractivity contribution in [2.45, 2.75) is 12.3 Å². The van der Waals surface area contributed by atoms with E-state index in [9.17, 15) is 0 Å². The zero-order valence-corrected chi connectivity index (χ0v) is 47.1. The van der Waals surface area contributed by atoms with Gasteiger partial charge in [-0.1, -0.05) is 152 Å². The number of para-hydroxylation sites is 6. The Morgan fingerprint density at radius 3 is 1.31 bits per heavy atom. The lowest BCUT2D eigenvalue weighted by molar-refractivity contribution is 0.669. The minimum atomic E-state index is 0.0609. The average molecular weight is 1130 g/mol. The van der Waals surface area contributed by atoms with Crippen LogP contribution in [0, 0.1) is 0 Å². The molecule has 1 aliphatic carbocycles. The summed E-state index contributed by atoms with van der Waals surface area (Å²) in [5, 5.41) is 14.8. The molecule has 7 heterocycles. The summed E-state index contributed by atoms with van der Waals surface area (Å²) in [6, 6.07) is 89.0. The Bertz CT molecular complexity index is 6310. The summed E-state index contributed by atoms with van der Waals surface area (Å²) in [4.78, 5) is 11.2. The highest BCUT2D eigenvalue weighted by atomic mass is 16.3. The largest absolute Gasteiger partial charge is 0.456 e.